The molecule has 0 saturated carbocycles. The van der Waals surface area contributed by atoms with Crippen LogP contribution in [0.3, 0.4) is 0 Å². The molecule has 1 aromatic heterocycles. The Bertz CT molecular complexity index is 1270. The van der Waals surface area contributed by atoms with Crippen molar-refractivity contribution < 1.29 is 18.0 Å². The summed E-state index contributed by atoms with van der Waals surface area (Å²) in [7, 11) is -3.58. The van der Waals surface area contributed by atoms with Gasteiger partial charge in [-0.1, -0.05) is 12.8 Å². The third-order valence-electron chi connectivity index (χ3n) is 7.97. The Hall–Kier alpha value is -2.27. The topological polar surface area (TPSA) is 90.0 Å². The molecule has 5 rings (SSSR count). The van der Waals surface area contributed by atoms with E-state index in [4.69, 9.17) is 0 Å². The summed E-state index contributed by atoms with van der Waals surface area (Å²) in [5, 5.41) is 3.62. The fourth-order valence-corrected chi connectivity index (χ4v) is 8.42. The van der Waals surface area contributed by atoms with E-state index in [1.807, 2.05) is 4.90 Å². The number of rotatable bonds is 6. The molecule has 0 atom stereocenters. The average molecular weight is 559 g/mol. The van der Waals surface area contributed by atoms with Crippen molar-refractivity contribution in [3.8, 4) is 0 Å². The first-order valence-corrected chi connectivity index (χ1v) is 16.1. The number of benzene rings is 1. The molecule has 10 heteroatoms. The molecule has 0 bridgehead atoms. The van der Waals surface area contributed by atoms with Gasteiger partial charge in [0.25, 0.3) is 11.8 Å². The maximum absolute atomic E-state index is 13.6. The van der Waals surface area contributed by atoms with Crippen LogP contribution in [0.1, 0.15) is 83.5 Å². The predicted molar refractivity (Wildman–Crippen MR) is 150 cm³/mol. The zero-order valence-electron chi connectivity index (χ0n) is 22.4. The second-order valence-corrected chi connectivity index (χ2v) is 13.9. The highest BCUT2D eigenvalue weighted by Gasteiger charge is 2.33. The average Bonchev–Trinajstić information content (AvgIpc) is 3.48. The highest BCUT2D eigenvalue weighted by molar-refractivity contribution is 7.89. The molecule has 206 valence electrons. The summed E-state index contributed by atoms with van der Waals surface area (Å²) in [5.74, 6) is -0.328. The van der Waals surface area contributed by atoms with Crippen LogP contribution in [0.15, 0.2) is 29.2 Å². The van der Waals surface area contributed by atoms with Crippen LogP contribution in [0, 0.1) is 0 Å². The van der Waals surface area contributed by atoms with Gasteiger partial charge in [0.15, 0.2) is 0 Å². The minimum Gasteiger partial charge on any atom is -0.339 e. The molecule has 1 N–H and O–H groups in total. The van der Waals surface area contributed by atoms with Crippen LogP contribution in [0.2, 0.25) is 0 Å². The molecule has 2 amide bonds. The van der Waals surface area contributed by atoms with E-state index in [2.05, 4.69) is 24.1 Å². The quantitative estimate of drug-likeness (QED) is 0.561. The Morgan fingerprint density at radius 1 is 0.895 bits per heavy atom. The van der Waals surface area contributed by atoms with Crippen molar-refractivity contribution in [3.05, 3.63) is 45.8 Å². The summed E-state index contributed by atoms with van der Waals surface area (Å²) in [6.07, 6.45) is 6.65. The number of anilines is 1. The second kappa shape index (κ2) is 11.5. The standard InChI is InChI=1S/C28H38N4O4S2/c1-20(2)31-18-13-23-24(19-31)37-27(25(23)28(34)30-14-7-8-15-30)29-26(33)21-9-11-22(12-10-21)38(35,36)32-16-5-3-4-6-17-32/h9-12,20H,3-8,13-19H2,1-2H3,(H,29,33). The lowest BCUT2D eigenvalue weighted by Gasteiger charge is -2.30. The van der Waals surface area contributed by atoms with Gasteiger partial charge in [0.1, 0.15) is 5.00 Å². The second-order valence-electron chi connectivity index (χ2n) is 10.8. The zero-order valence-corrected chi connectivity index (χ0v) is 24.0. The molecule has 1 aromatic carbocycles. The number of carbonyl (C=O) groups is 2. The molecule has 0 aliphatic carbocycles. The van der Waals surface area contributed by atoms with E-state index in [1.54, 1.807) is 16.4 Å². The number of thiophene rings is 1. The molecule has 0 unspecified atom stereocenters. The van der Waals surface area contributed by atoms with Crippen LogP contribution in [0.5, 0.6) is 0 Å². The Morgan fingerprint density at radius 3 is 2.16 bits per heavy atom. The number of carbonyl (C=O) groups excluding carboxylic acids is 2. The zero-order chi connectivity index (χ0) is 26.9. The Morgan fingerprint density at radius 2 is 1.53 bits per heavy atom. The Balaban J connectivity index is 1.38. The van der Waals surface area contributed by atoms with E-state index in [0.29, 0.717) is 35.3 Å². The van der Waals surface area contributed by atoms with E-state index in [0.717, 1.165) is 81.6 Å². The van der Waals surface area contributed by atoms with Gasteiger partial charge in [0.05, 0.1) is 10.5 Å². The highest BCUT2D eigenvalue weighted by Crippen LogP contribution is 2.39. The first-order chi connectivity index (χ1) is 18.3. The summed E-state index contributed by atoms with van der Waals surface area (Å²) in [6, 6.07) is 6.58. The molecular formula is C28H38N4O4S2. The fourth-order valence-electron chi connectivity index (χ4n) is 5.64. The molecule has 3 aliphatic heterocycles. The third kappa shape index (κ3) is 5.54. The van der Waals surface area contributed by atoms with Crippen molar-refractivity contribution in [2.45, 2.75) is 76.3 Å². The minimum atomic E-state index is -3.58. The van der Waals surface area contributed by atoms with Crippen LogP contribution in [-0.2, 0) is 23.0 Å². The normalized spacial score (nSPS) is 19.4. The van der Waals surface area contributed by atoms with E-state index in [1.165, 1.54) is 23.5 Å². The molecule has 4 heterocycles. The van der Waals surface area contributed by atoms with Crippen molar-refractivity contribution in [2.24, 2.45) is 0 Å². The van der Waals surface area contributed by atoms with Crippen molar-refractivity contribution in [1.29, 1.82) is 0 Å². The van der Waals surface area contributed by atoms with Crippen LogP contribution in [-0.4, -0.2) is 73.1 Å². The fraction of sp³-hybridized carbons (Fsp3) is 0.571. The van der Waals surface area contributed by atoms with Gasteiger partial charge in [0, 0.05) is 55.8 Å². The van der Waals surface area contributed by atoms with E-state index < -0.39 is 10.0 Å². The summed E-state index contributed by atoms with van der Waals surface area (Å²) < 4.78 is 27.8. The van der Waals surface area contributed by atoms with Gasteiger partial charge in [-0.25, -0.2) is 8.42 Å². The van der Waals surface area contributed by atoms with Gasteiger partial charge < -0.3 is 10.2 Å². The van der Waals surface area contributed by atoms with Gasteiger partial charge in [-0.3, -0.25) is 14.5 Å². The summed E-state index contributed by atoms with van der Waals surface area (Å²) in [5.41, 5.74) is 2.08. The Kier molecular flexibility index (Phi) is 8.23. The highest BCUT2D eigenvalue weighted by atomic mass is 32.2. The first kappa shape index (κ1) is 27.3. The largest absolute Gasteiger partial charge is 0.339 e. The number of hydrogen-bond donors (Lipinski definition) is 1. The number of nitrogens with zero attached hydrogens (tertiary/aromatic N) is 3. The molecule has 2 fully saturated rings. The van der Waals surface area contributed by atoms with E-state index >= 15 is 0 Å². The lowest BCUT2D eigenvalue weighted by atomic mass is 10.0. The number of nitrogens with one attached hydrogen (secondary N) is 1. The van der Waals surface area contributed by atoms with Crippen LogP contribution in [0.25, 0.3) is 0 Å². The van der Waals surface area contributed by atoms with Gasteiger partial charge in [0.2, 0.25) is 10.0 Å². The first-order valence-electron chi connectivity index (χ1n) is 13.8. The smallest absolute Gasteiger partial charge is 0.257 e. The van der Waals surface area contributed by atoms with Gasteiger partial charge in [-0.2, -0.15) is 4.31 Å². The van der Waals surface area contributed by atoms with Crippen molar-refractivity contribution in [1.82, 2.24) is 14.1 Å². The molecule has 2 saturated heterocycles. The maximum Gasteiger partial charge on any atom is 0.257 e. The number of hydrogen-bond acceptors (Lipinski definition) is 6. The van der Waals surface area contributed by atoms with Crippen molar-refractivity contribution in [3.63, 3.8) is 0 Å². The van der Waals surface area contributed by atoms with Crippen molar-refractivity contribution >= 4 is 38.2 Å². The van der Waals surface area contributed by atoms with Gasteiger partial charge in [-0.05, 0) is 75.8 Å². The number of likely N-dealkylation sites (tertiary alicyclic amines) is 1. The van der Waals surface area contributed by atoms with Crippen LogP contribution in [0.4, 0.5) is 5.00 Å². The molecule has 0 radical (unpaired) electrons. The summed E-state index contributed by atoms with van der Waals surface area (Å²) >= 11 is 1.50. The number of amides is 2. The summed E-state index contributed by atoms with van der Waals surface area (Å²) in [6.45, 7) is 8.59. The lowest BCUT2D eigenvalue weighted by Crippen LogP contribution is -2.36. The number of fused-ring (bicyclic) bond motifs is 1. The van der Waals surface area contributed by atoms with Crippen molar-refractivity contribution in [2.75, 3.05) is 38.0 Å². The van der Waals surface area contributed by atoms with Crippen LogP contribution >= 0.6 is 11.3 Å². The lowest BCUT2D eigenvalue weighted by molar-refractivity contribution is 0.0792. The maximum atomic E-state index is 13.6. The van der Waals surface area contributed by atoms with Gasteiger partial charge in [-0.15, -0.1) is 11.3 Å². The molecule has 0 spiro atoms. The van der Waals surface area contributed by atoms with E-state index in [9.17, 15) is 18.0 Å². The SMILES string of the molecule is CC(C)N1CCc2c(sc(NC(=O)c3ccc(S(=O)(=O)N4CCCCCC4)cc3)c2C(=O)N2CCCC2)C1. The summed E-state index contributed by atoms with van der Waals surface area (Å²) in [4.78, 5) is 32.5. The van der Waals surface area contributed by atoms with Gasteiger partial charge >= 0.3 is 0 Å². The van der Waals surface area contributed by atoms with E-state index in [-0.39, 0.29) is 16.7 Å². The minimum absolute atomic E-state index is 0.00666. The number of sulfonamides is 1. The molecule has 2 aromatic rings. The third-order valence-corrected chi connectivity index (χ3v) is 11.0. The Labute approximate surface area is 230 Å². The monoisotopic (exact) mass is 558 g/mol. The molecular weight excluding hydrogens is 520 g/mol. The predicted octanol–water partition coefficient (Wildman–Crippen LogP) is 4.57. The molecule has 3 aliphatic rings. The molecule has 8 nitrogen and oxygen atoms in total. The molecule has 38 heavy (non-hydrogen) atoms. The van der Waals surface area contributed by atoms with Crippen LogP contribution < -0.4 is 5.32 Å².